The van der Waals surface area contributed by atoms with E-state index in [1.54, 1.807) is 0 Å². The van der Waals surface area contributed by atoms with Crippen LogP contribution in [0.2, 0.25) is 0 Å². The van der Waals surface area contributed by atoms with Crippen LogP contribution in [0, 0.1) is 6.54 Å². The Hall–Kier alpha value is -0.980. The Balaban J connectivity index is 2.49. The van der Waals surface area contributed by atoms with Gasteiger partial charge in [-0.2, -0.15) is 0 Å². The van der Waals surface area contributed by atoms with E-state index in [0.717, 1.165) is 0 Å². The fourth-order valence-corrected chi connectivity index (χ4v) is 0.865. The highest BCUT2D eigenvalue weighted by Gasteiger charge is 2.10. The first kappa shape index (κ1) is 3.96. The molecular weight excluding hydrogens is 98.1 g/mol. The van der Waals surface area contributed by atoms with E-state index in [1.807, 2.05) is 18.4 Å². The molecule has 1 N–H and O–H groups in total. The summed E-state index contributed by atoms with van der Waals surface area (Å²) in [5.74, 6) is 0. The molecule has 0 unspecified atom stereocenters. The standard InChI is InChI=1S/C7H5N/c1-2-6-4-8-5-7(6)3-1/h1-4,8H. The topological polar surface area (TPSA) is 12.0 Å². The van der Waals surface area contributed by atoms with E-state index in [4.69, 9.17) is 0 Å². The number of rotatable bonds is 0. The smallest absolute Gasteiger partial charge is 0.123 e. The van der Waals surface area contributed by atoms with Gasteiger partial charge in [-0.15, -0.1) is 0 Å². The molecule has 2 aliphatic rings. The molecule has 0 fully saturated rings. The van der Waals surface area contributed by atoms with E-state index in [0.29, 0.717) is 0 Å². The third-order valence-electron chi connectivity index (χ3n) is 1.28. The minimum absolute atomic E-state index is 1.17. The Morgan fingerprint density at radius 1 is 1.50 bits per heavy atom. The molecule has 1 heteroatoms. The number of hydrogen-bond acceptors (Lipinski definition) is 1. The Bertz CT molecular complexity index is 196. The van der Waals surface area contributed by atoms with Crippen molar-refractivity contribution in [3.05, 3.63) is 42.1 Å². The second-order valence-corrected chi connectivity index (χ2v) is 1.81. The average molecular weight is 103 g/mol. The zero-order chi connectivity index (χ0) is 5.40. The largest absolute Gasteiger partial charge is 0.376 e. The number of allylic oxidation sites excluding steroid dienone is 3. The lowest BCUT2D eigenvalue weighted by atomic mass is 10.2. The first-order valence-corrected chi connectivity index (χ1v) is 2.57. The lowest BCUT2D eigenvalue weighted by molar-refractivity contribution is 1.14. The highest BCUT2D eigenvalue weighted by molar-refractivity contribution is 5.54. The molecule has 1 nitrogen and oxygen atoms in total. The van der Waals surface area contributed by atoms with E-state index < -0.39 is 0 Å². The van der Waals surface area contributed by atoms with Crippen LogP contribution in [-0.4, -0.2) is 0 Å². The summed E-state index contributed by atoms with van der Waals surface area (Å²) in [6, 6.07) is 0. The van der Waals surface area contributed by atoms with Crippen LogP contribution in [0.5, 0.6) is 0 Å². The van der Waals surface area contributed by atoms with E-state index in [-0.39, 0.29) is 0 Å². The van der Waals surface area contributed by atoms with Crippen molar-refractivity contribution < 1.29 is 0 Å². The van der Waals surface area contributed by atoms with Crippen molar-refractivity contribution in [3.8, 4) is 0 Å². The van der Waals surface area contributed by atoms with Crippen molar-refractivity contribution in [2.45, 2.75) is 0 Å². The first-order chi connectivity index (χ1) is 3.97. The number of hydrogen-bond donors (Lipinski definition) is 1. The van der Waals surface area contributed by atoms with Gasteiger partial charge >= 0.3 is 0 Å². The molecule has 0 amide bonds. The molecule has 0 aromatic carbocycles. The SMILES string of the molecule is [C]1NC=C2C=CC=C12. The predicted octanol–water partition coefficient (Wildman–Crippen LogP) is 1.01. The van der Waals surface area contributed by atoms with Gasteiger partial charge in [-0.05, 0) is 11.1 Å². The minimum Gasteiger partial charge on any atom is -0.376 e. The van der Waals surface area contributed by atoms with Crippen LogP contribution in [0.25, 0.3) is 0 Å². The molecule has 8 heavy (non-hydrogen) atoms. The average Bonchev–Trinajstić information content (AvgIpc) is 2.15. The Morgan fingerprint density at radius 2 is 2.50 bits per heavy atom. The van der Waals surface area contributed by atoms with E-state index in [9.17, 15) is 0 Å². The van der Waals surface area contributed by atoms with Crippen LogP contribution in [-0.2, 0) is 0 Å². The van der Waals surface area contributed by atoms with Crippen molar-refractivity contribution in [3.63, 3.8) is 0 Å². The van der Waals surface area contributed by atoms with Crippen molar-refractivity contribution in [1.29, 1.82) is 0 Å². The maximum Gasteiger partial charge on any atom is 0.123 e. The van der Waals surface area contributed by atoms with Crippen molar-refractivity contribution in [2.75, 3.05) is 0 Å². The third-order valence-corrected chi connectivity index (χ3v) is 1.28. The summed E-state index contributed by atoms with van der Waals surface area (Å²) in [5, 5.41) is 2.89. The van der Waals surface area contributed by atoms with Crippen LogP contribution in [0.1, 0.15) is 0 Å². The molecule has 2 radical (unpaired) electrons. The normalized spacial score (nSPS) is 22.0. The van der Waals surface area contributed by atoms with Gasteiger partial charge in [-0.25, -0.2) is 0 Å². The summed E-state index contributed by atoms with van der Waals surface area (Å²) in [4.78, 5) is 0. The second kappa shape index (κ2) is 1.25. The van der Waals surface area contributed by atoms with Crippen LogP contribution in [0.15, 0.2) is 35.6 Å². The van der Waals surface area contributed by atoms with Gasteiger partial charge in [0, 0.05) is 6.20 Å². The molecule has 0 spiro atoms. The van der Waals surface area contributed by atoms with Crippen LogP contribution < -0.4 is 5.32 Å². The maximum atomic E-state index is 2.97. The Morgan fingerprint density at radius 3 is 3.38 bits per heavy atom. The highest BCUT2D eigenvalue weighted by atomic mass is 14.9. The Labute approximate surface area is 48.4 Å². The van der Waals surface area contributed by atoms with Crippen molar-refractivity contribution >= 4 is 0 Å². The fraction of sp³-hybridized carbons (Fsp3) is 0. The predicted molar refractivity (Wildman–Crippen MR) is 31.7 cm³/mol. The van der Waals surface area contributed by atoms with E-state index in [2.05, 4.69) is 17.9 Å². The van der Waals surface area contributed by atoms with Gasteiger partial charge in [0.2, 0.25) is 0 Å². The quantitative estimate of drug-likeness (QED) is 0.482. The lowest BCUT2D eigenvalue weighted by Crippen LogP contribution is -1.91. The van der Waals surface area contributed by atoms with Crippen LogP contribution in [0.3, 0.4) is 0 Å². The third kappa shape index (κ3) is 0.360. The molecule has 38 valence electrons. The molecule has 1 aliphatic heterocycles. The van der Waals surface area contributed by atoms with Gasteiger partial charge in [0.25, 0.3) is 0 Å². The number of fused-ring (bicyclic) bond motifs is 1. The molecule has 2 rings (SSSR count). The van der Waals surface area contributed by atoms with E-state index in [1.165, 1.54) is 11.1 Å². The first-order valence-electron chi connectivity index (χ1n) is 2.57. The summed E-state index contributed by atoms with van der Waals surface area (Å²) in [7, 11) is 0. The maximum absolute atomic E-state index is 2.97. The molecule has 0 atom stereocenters. The van der Waals surface area contributed by atoms with Gasteiger partial charge in [0.05, 0.1) is 0 Å². The van der Waals surface area contributed by atoms with Gasteiger partial charge in [-0.1, -0.05) is 18.2 Å². The van der Waals surface area contributed by atoms with E-state index >= 15 is 0 Å². The molecule has 0 saturated carbocycles. The summed E-state index contributed by atoms with van der Waals surface area (Å²) in [5.41, 5.74) is 2.41. The summed E-state index contributed by atoms with van der Waals surface area (Å²) in [6.07, 6.45) is 8.05. The summed E-state index contributed by atoms with van der Waals surface area (Å²) < 4.78 is 0. The molecule has 0 aromatic heterocycles. The molecule has 0 aromatic rings. The molecule has 0 bridgehead atoms. The molecule has 0 saturated heterocycles. The zero-order valence-electron chi connectivity index (χ0n) is 4.31. The monoisotopic (exact) mass is 103 g/mol. The van der Waals surface area contributed by atoms with Crippen LogP contribution in [0.4, 0.5) is 0 Å². The van der Waals surface area contributed by atoms with Crippen molar-refractivity contribution in [1.82, 2.24) is 5.32 Å². The lowest BCUT2D eigenvalue weighted by Gasteiger charge is -1.85. The second-order valence-electron chi connectivity index (χ2n) is 1.81. The molecule has 1 heterocycles. The van der Waals surface area contributed by atoms with Crippen molar-refractivity contribution in [2.24, 2.45) is 0 Å². The summed E-state index contributed by atoms with van der Waals surface area (Å²) >= 11 is 0. The van der Waals surface area contributed by atoms with Gasteiger partial charge in [0.15, 0.2) is 0 Å². The number of nitrogens with one attached hydrogen (secondary N) is 1. The fourth-order valence-electron chi connectivity index (χ4n) is 0.865. The molecular formula is C7H5N. The van der Waals surface area contributed by atoms with Crippen LogP contribution >= 0.6 is 0 Å². The van der Waals surface area contributed by atoms with Gasteiger partial charge in [0.1, 0.15) is 6.54 Å². The Kier molecular flexibility index (Phi) is 0.618. The minimum atomic E-state index is 1.17. The molecule has 1 aliphatic carbocycles. The highest BCUT2D eigenvalue weighted by Crippen LogP contribution is 2.22. The van der Waals surface area contributed by atoms with Gasteiger partial charge < -0.3 is 5.32 Å². The summed E-state index contributed by atoms with van der Waals surface area (Å²) in [6.45, 7) is 2.97. The zero-order valence-corrected chi connectivity index (χ0v) is 4.31. The van der Waals surface area contributed by atoms with Gasteiger partial charge in [-0.3, -0.25) is 0 Å².